The molecule has 0 aliphatic carbocycles. The van der Waals surface area contributed by atoms with Gasteiger partial charge in [0.05, 0.1) is 12.9 Å². The topological polar surface area (TPSA) is 26.3 Å². The van der Waals surface area contributed by atoms with Crippen molar-refractivity contribution in [2.45, 2.75) is 18.7 Å². The molecule has 2 aromatic carbocycles. The molecule has 0 aromatic heterocycles. The molecule has 2 aromatic rings. The number of rotatable bonds is 5. The maximum Gasteiger partial charge on any atom is 0.173 e. The zero-order valence-corrected chi connectivity index (χ0v) is 12.8. The van der Waals surface area contributed by atoms with Gasteiger partial charge in [-0.05, 0) is 61.4 Å². The highest BCUT2D eigenvalue weighted by Crippen LogP contribution is 2.22. The molecule has 0 aliphatic heterocycles. The van der Waals surface area contributed by atoms with Crippen molar-refractivity contribution in [2.75, 3.05) is 12.9 Å². The summed E-state index contributed by atoms with van der Waals surface area (Å²) in [4.78, 5) is 13.2. The average molecular weight is 286 g/mol. The molecule has 104 valence electrons. The van der Waals surface area contributed by atoms with E-state index in [9.17, 15) is 4.79 Å². The van der Waals surface area contributed by atoms with Crippen molar-refractivity contribution < 1.29 is 9.53 Å². The molecule has 0 aliphatic rings. The summed E-state index contributed by atoms with van der Waals surface area (Å²) >= 11 is 1.58. The Hall–Kier alpha value is -1.74. The molecule has 0 heterocycles. The Kier molecular flexibility index (Phi) is 4.85. The van der Waals surface area contributed by atoms with E-state index in [-0.39, 0.29) is 5.78 Å². The first kappa shape index (κ1) is 14.7. The van der Waals surface area contributed by atoms with Gasteiger partial charge < -0.3 is 4.74 Å². The first-order valence-electron chi connectivity index (χ1n) is 6.47. The zero-order valence-electron chi connectivity index (χ0n) is 12.0. The minimum absolute atomic E-state index is 0.135. The van der Waals surface area contributed by atoms with Crippen molar-refractivity contribution in [3.05, 3.63) is 59.2 Å². The summed E-state index contributed by atoms with van der Waals surface area (Å²) in [5.74, 6) is 1.36. The number of carbonyl (C=O) groups excluding carboxylic acids is 1. The fourth-order valence-corrected chi connectivity index (χ4v) is 2.70. The Balaban J connectivity index is 1.98. The molecule has 0 N–H and O–H groups in total. The number of carbonyl (C=O) groups is 1. The largest absolute Gasteiger partial charge is 0.497 e. The van der Waals surface area contributed by atoms with Crippen LogP contribution in [0.5, 0.6) is 5.75 Å². The van der Waals surface area contributed by atoms with Crippen LogP contribution in [0.2, 0.25) is 0 Å². The number of Topliss-reactive ketones (excluding diaryl/α,β-unsaturated/α-hetero) is 1. The summed E-state index contributed by atoms with van der Waals surface area (Å²) < 4.78 is 5.09. The van der Waals surface area contributed by atoms with Gasteiger partial charge in [-0.25, -0.2) is 0 Å². The van der Waals surface area contributed by atoms with Gasteiger partial charge in [0.25, 0.3) is 0 Å². The number of thioether (sulfide) groups is 1. The second kappa shape index (κ2) is 6.62. The molecule has 0 saturated heterocycles. The molecule has 0 bridgehead atoms. The predicted molar refractivity (Wildman–Crippen MR) is 84.0 cm³/mol. The van der Waals surface area contributed by atoms with Gasteiger partial charge in [0.1, 0.15) is 5.75 Å². The van der Waals surface area contributed by atoms with Gasteiger partial charge in [0, 0.05) is 10.5 Å². The minimum atomic E-state index is 0.135. The molecule has 0 unspecified atom stereocenters. The van der Waals surface area contributed by atoms with Crippen LogP contribution in [-0.4, -0.2) is 18.6 Å². The van der Waals surface area contributed by atoms with Crippen LogP contribution in [0.3, 0.4) is 0 Å². The van der Waals surface area contributed by atoms with Crippen LogP contribution in [0.15, 0.2) is 47.4 Å². The van der Waals surface area contributed by atoms with E-state index in [4.69, 9.17) is 4.74 Å². The number of ether oxygens (including phenoxy) is 1. The van der Waals surface area contributed by atoms with Crippen LogP contribution >= 0.6 is 11.8 Å². The summed E-state index contributed by atoms with van der Waals surface area (Å²) in [7, 11) is 1.62. The van der Waals surface area contributed by atoms with Gasteiger partial charge in [-0.2, -0.15) is 0 Å². The van der Waals surface area contributed by atoms with Crippen molar-refractivity contribution in [3.8, 4) is 5.75 Å². The van der Waals surface area contributed by atoms with Gasteiger partial charge in [-0.3, -0.25) is 4.79 Å². The number of benzene rings is 2. The standard InChI is InChI=1S/C17H18O2S/c1-12-4-9-16(10-13(12)2)20-11-17(18)14-5-7-15(19-3)8-6-14/h4-10H,11H2,1-3H3. The SMILES string of the molecule is COc1ccc(C(=O)CSc2ccc(C)c(C)c2)cc1. The molecule has 0 fully saturated rings. The molecular weight excluding hydrogens is 268 g/mol. The van der Waals surface area contributed by atoms with E-state index in [1.54, 1.807) is 18.9 Å². The molecule has 2 nitrogen and oxygen atoms in total. The lowest BCUT2D eigenvalue weighted by molar-refractivity contribution is 0.102. The fourth-order valence-electron chi connectivity index (χ4n) is 1.81. The lowest BCUT2D eigenvalue weighted by Gasteiger charge is -2.05. The number of hydrogen-bond acceptors (Lipinski definition) is 3. The summed E-state index contributed by atoms with van der Waals surface area (Å²) in [5.41, 5.74) is 3.25. The summed E-state index contributed by atoms with van der Waals surface area (Å²) in [6, 6.07) is 13.5. The first-order valence-corrected chi connectivity index (χ1v) is 7.46. The van der Waals surface area contributed by atoms with Crippen molar-refractivity contribution in [1.82, 2.24) is 0 Å². The molecule has 0 saturated carbocycles. The van der Waals surface area contributed by atoms with E-state index >= 15 is 0 Å². The van der Waals surface area contributed by atoms with Gasteiger partial charge >= 0.3 is 0 Å². The summed E-state index contributed by atoms with van der Waals surface area (Å²) in [6.45, 7) is 4.18. The van der Waals surface area contributed by atoms with Crippen molar-refractivity contribution in [3.63, 3.8) is 0 Å². The molecular formula is C17H18O2S. The average Bonchev–Trinajstić information content (AvgIpc) is 2.48. The summed E-state index contributed by atoms with van der Waals surface area (Å²) in [5, 5.41) is 0. The zero-order chi connectivity index (χ0) is 14.5. The molecule has 0 amide bonds. The number of aryl methyl sites for hydroxylation is 2. The lowest BCUT2D eigenvalue weighted by atomic mass is 10.1. The van der Waals surface area contributed by atoms with Crippen molar-refractivity contribution in [2.24, 2.45) is 0 Å². The van der Waals surface area contributed by atoms with E-state index in [1.807, 2.05) is 24.3 Å². The van der Waals surface area contributed by atoms with Crippen LogP contribution in [0, 0.1) is 13.8 Å². The normalized spacial score (nSPS) is 10.3. The van der Waals surface area contributed by atoms with Gasteiger partial charge in [-0.15, -0.1) is 11.8 Å². The van der Waals surface area contributed by atoms with E-state index in [1.165, 1.54) is 11.1 Å². The van der Waals surface area contributed by atoms with Crippen molar-refractivity contribution >= 4 is 17.5 Å². The molecule has 3 heteroatoms. The Bertz CT molecular complexity index is 603. The number of methoxy groups -OCH3 is 1. The number of hydrogen-bond donors (Lipinski definition) is 0. The van der Waals surface area contributed by atoms with Crippen LogP contribution in [0.1, 0.15) is 21.5 Å². The lowest BCUT2D eigenvalue weighted by Crippen LogP contribution is -2.02. The predicted octanol–water partition coefficient (Wildman–Crippen LogP) is 4.29. The van der Waals surface area contributed by atoms with E-state index in [2.05, 4.69) is 32.0 Å². The smallest absolute Gasteiger partial charge is 0.173 e. The molecule has 0 spiro atoms. The Morgan fingerprint density at radius 1 is 1.05 bits per heavy atom. The third-order valence-corrected chi connectivity index (χ3v) is 4.25. The maximum absolute atomic E-state index is 12.1. The third kappa shape index (κ3) is 3.64. The van der Waals surface area contributed by atoms with Crippen molar-refractivity contribution in [1.29, 1.82) is 0 Å². The highest BCUT2D eigenvalue weighted by atomic mass is 32.2. The van der Waals surface area contributed by atoms with E-state index < -0.39 is 0 Å². The quantitative estimate of drug-likeness (QED) is 0.606. The second-order valence-corrected chi connectivity index (χ2v) is 5.74. The van der Waals surface area contributed by atoms with Gasteiger partial charge in [0.2, 0.25) is 0 Å². The Morgan fingerprint density at radius 2 is 1.75 bits per heavy atom. The second-order valence-electron chi connectivity index (χ2n) is 4.69. The molecule has 0 radical (unpaired) electrons. The van der Waals surface area contributed by atoms with E-state index in [0.717, 1.165) is 16.2 Å². The van der Waals surface area contributed by atoms with Gasteiger partial charge in [-0.1, -0.05) is 6.07 Å². The number of ketones is 1. The highest BCUT2D eigenvalue weighted by Gasteiger charge is 2.07. The van der Waals surface area contributed by atoms with E-state index in [0.29, 0.717) is 5.75 Å². The van der Waals surface area contributed by atoms with Crippen LogP contribution in [-0.2, 0) is 0 Å². The molecule has 0 atom stereocenters. The Morgan fingerprint density at radius 3 is 2.35 bits per heavy atom. The fraction of sp³-hybridized carbons (Fsp3) is 0.235. The third-order valence-electron chi connectivity index (χ3n) is 3.26. The first-order chi connectivity index (χ1) is 9.60. The van der Waals surface area contributed by atoms with Crippen LogP contribution in [0.4, 0.5) is 0 Å². The maximum atomic E-state index is 12.1. The molecule has 20 heavy (non-hydrogen) atoms. The summed E-state index contributed by atoms with van der Waals surface area (Å²) in [6.07, 6.45) is 0. The monoisotopic (exact) mass is 286 g/mol. The Labute approximate surface area is 124 Å². The van der Waals surface area contributed by atoms with Gasteiger partial charge in [0.15, 0.2) is 5.78 Å². The molecule has 2 rings (SSSR count). The van der Waals surface area contributed by atoms with Crippen LogP contribution < -0.4 is 4.74 Å². The minimum Gasteiger partial charge on any atom is -0.497 e. The van der Waals surface area contributed by atoms with Crippen LogP contribution in [0.25, 0.3) is 0 Å². The highest BCUT2D eigenvalue weighted by molar-refractivity contribution is 8.00.